The fraction of sp³-hybridized carbons (Fsp3) is 0.227. The minimum Gasteiger partial charge on any atom is -0.322 e. The van der Waals surface area contributed by atoms with Crippen molar-refractivity contribution >= 4 is 23.2 Å². The highest BCUT2D eigenvalue weighted by molar-refractivity contribution is 6.33. The van der Waals surface area contributed by atoms with Crippen LogP contribution in [0.4, 0.5) is 5.69 Å². The predicted octanol–water partition coefficient (Wildman–Crippen LogP) is 4.13. The lowest BCUT2D eigenvalue weighted by molar-refractivity contribution is 0.102. The molecule has 0 radical (unpaired) electrons. The van der Waals surface area contributed by atoms with Crippen molar-refractivity contribution in [3.05, 3.63) is 76.6 Å². The van der Waals surface area contributed by atoms with E-state index in [1.54, 1.807) is 11.6 Å². The second kappa shape index (κ2) is 7.96. The fourth-order valence-electron chi connectivity index (χ4n) is 3.55. The monoisotopic (exact) mass is 433 g/mol. The number of amides is 1. The smallest absolute Gasteiger partial charge is 0.260 e. The Hall–Kier alpha value is -3.52. The van der Waals surface area contributed by atoms with Crippen molar-refractivity contribution < 1.29 is 4.79 Å². The van der Waals surface area contributed by atoms with Crippen LogP contribution in [-0.2, 0) is 6.54 Å². The first kappa shape index (κ1) is 19.4. The second-order valence-corrected chi connectivity index (χ2v) is 7.97. The van der Waals surface area contributed by atoms with Crippen molar-refractivity contribution in [3.8, 4) is 11.4 Å². The maximum Gasteiger partial charge on any atom is 0.260 e. The summed E-state index contributed by atoms with van der Waals surface area (Å²) in [6, 6.07) is 17.7. The minimum absolute atomic E-state index is 0.305. The summed E-state index contributed by atoms with van der Waals surface area (Å²) in [5.74, 6) is 0.393. The van der Waals surface area contributed by atoms with Crippen molar-refractivity contribution in [2.24, 2.45) is 0 Å². The van der Waals surface area contributed by atoms with E-state index < -0.39 is 0 Å². The van der Waals surface area contributed by atoms with Crippen LogP contribution in [0.3, 0.4) is 0 Å². The molecule has 0 spiro atoms. The number of carbonyl (C=O) groups is 1. The van der Waals surface area contributed by atoms with Gasteiger partial charge in [0.15, 0.2) is 5.82 Å². The molecule has 156 valence electrons. The Morgan fingerprint density at radius 2 is 1.97 bits per heavy atom. The maximum absolute atomic E-state index is 13.0. The van der Waals surface area contributed by atoms with Crippen LogP contribution in [0.1, 0.15) is 40.5 Å². The van der Waals surface area contributed by atoms with Crippen LogP contribution in [0.15, 0.2) is 54.6 Å². The summed E-state index contributed by atoms with van der Waals surface area (Å²) < 4.78 is 3.48. The summed E-state index contributed by atoms with van der Waals surface area (Å²) in [5, 5.41) is 19.8. The summed E-state index contributed by atoms with van der Waals surface area (Å²) in [6.45, 7) is 2.27. The molecule has 2 aromatic heterocycles. The summed E-state index contributed by atoms with van der Waals surface area (Å²) in [4.78, 5) is 13.0. The molecule has 9 heteroatoms. The van der Waals surface area contributed by atoms with E-state index in [4.69, 9.17) is 11.6 Å². The van der Waals surface area contributed by atoms with Gasteiger partial charge in [0, 0.05) is 11.3 Å². The molecule has 8 nitrogen and oxygen atoms in total. The molecule has 0 atom stereocenters. The largest absolute Gasteiger partial charge is 0.322 e. The van der Waals surface area contributed by atoms with Crippen LogP contribution in [-0.4, -0.2) is 35.9 Å². The van der Waals surface area contributed by atoms with E-state index in [0.717, 1.165) is 24.0 Å². The Bertz CT molecular complexity index is 1240. The average molecular weight is 434 g/mol. The number of aromatic nitrogens is 6. The Kier molecular flexibility index (Phi) is 4.99. The zero-order valence-corrected chi connectivity index (χ0v) is 17.6. The van der Waals surface area contributed by atoms with Gasteiger partial charge in [-0.3, -0.25) is 4.79 Å². The van der Waals surface area contributed by atoms with E-state index in [1.807, 2.05) is 59.3 Å². The number of rotatable bonds is 6. The normalized spacial score (nSPS) is 13.4. The summed E-state index contributed by atoms with van der Waals surface area (Å²) in [5.41, 5.74) is 3.48. The molecule has 31 heavy (non-hydrogen) atoms. The van der Waals surface area contributed by atoms with Gasteiger partial charge in [-0.25, -0.2) is 9.36 Å². The molecule has 0 saturated heterocycles. The zero-order valence-electron chi connectivity index (χ0n) is 16.9. The van der Waals surface area contributed by atoms with Crippen LogP contribution in [0.5, 0.6) is 0 Å². The van der Waals surface area contributed by atoms with Crippen LogP contribution in [0, 0.1) is 6.92 Å². The van der Waals surface area contributed by atoms with Gasteiger partial charge in [-0.15, -0.1) is 5.10 Å². The molecule has 4 aromatic rings. The van der Waals surface area contributed by atoms with Crippen molar-refractivity contribution in [2.45, 2.75) is 32.4 Å². The molecule has 1 saturated carbocycles. The van der Waals surface area contributed by atoms with Crippen molar-refractivity contribution in [1.82, 2.24) is 30.0 Å². The quantitative estimate of drug-likeness (QED) is 0.493. The molecular formula is C22H20ClN7O. The highest BCUT2D eigenvalue weighted by Crippen LogP contribution is 2.36. The van der Waals surface area contributed by atoms with Gasteiger partial charge in [0.2, 0.25) is 0 Å². The molecule has 2 aromatic carbocycles. The SMILES string of the molecule is Cc1nn(Cc2ccccc2)c(Cl)c1C(=O)Nc1cccc(-c2nnnn2C2CC2)c1. The van der Waals surface area contributed by atoms with Crippen LogP contribution < -0.4 is 5.32 Å². The molecule has 0 unspecified atom stereocenters. The van der Waals surface area contributed by atoms with Gasteiger partial charge in [0.1, 0.15) is 5.15 Å². The number of carbonyl (C=O) groups excluding carboxylic acids is 1. The van der Waals surface area contributed by atoms with Crippen LogP contribution >= 0.6 is 11.6 Å². The molecule has 1 aliphatic rings. The molecular weight excluding hydrogens is 414 g/mol. The maximum atomic E-state index is 13.0. The minimum atomic E-state index is -0.305. The summed E-state index contributed by atoms with van der Waals surface area (Å²) in [7, 11) is 0. The molecule has 1 fully saturated rings. The zero-order chi connectivity index (χ0) is 21.4. The molecule has 1 N–H and O–H groups in total. The number of hydrogen-bond acceptors (Lipinski definition) is 5. The topological polar surface area (TPSA) is 90.5 Å². The van der Waals surface area contributed by atoms with Crippen LogP contribution in [0.25, 0.3) is 11.4 Å². The number of tetrazole rings is 1. The van der Waals surface area contributed by atoms with Crippen molar-refractivity contribution in [2.75, 3.05) is 5.32 Å². The lowest BCUT2D eigenvalue weighted by atomic mass is 10.1. The number of nitrogens with zero attached hydrogens (tertiary/aromatic N) is 6. The van der Waals surface area contributed by atoms with Gasteiger partial charge >= 0.3 is 0 Å². The second-order valence-electron chi connectivity index (χ2n) is 7.61. The molecule has 1 aliphatic carbocycles. The van der Waals surface area contributed by atoms with E-state index in [2.05, 4.69) is 25.9 Å². The number of aryl methyl sites for hydroxylation is 1. The van der Waals surface area contributed by atoms with E-state index >= 15 is 0 Å². The summed E-state index contributed by atoms with van der Waals surface area (Å²) >= 11 is 6.53. The number of halogens is 1. The third-order valence-electron chi connectivity index (χ3n) is 5.23. The van der Waals surface area contributed by atoms with Gasteiger partial charge < -0.3 is 5.32 Å². The van der Waals surface area contributed by atoms with Gasteiger partial charge in [0.05, 0.1) is 23.8 Å². The summed E-state index contributed by atoms with van der Waals surface area (Å²) in [6.07, 6.45) is 2.17. The first-order chi connectivity index (χ1) is 15.1. The van der Waals surface area contributed by atoms with E-state index in [-0.39, 0.29) is 5.91 Å². The third kappa shape index (κ3) is 3.94. The first-order valence-electron chi connectivity index (χ1n) is 10.1. The highest BCUT2D eigenvalue weighted by atomic mass is 35.5. The Morgan fingerprint density at radius 1 is 1.16 bits per heavy atom. The lowest BCUT2D eigenvalue weighted by Gasteiger charge is -2.08. The van der Waals surface area contributed by atoms with E-state index in [1.165, 1.54) is 0 Å². The van der Waals surface area contributed by atoms with Gasteiger partial charge in [0.25, 0.3) is 5.91 Å². The first-order valence-corrected chi connectivity index (χ1v) is 10.4. The fourth-order valence-corrected chi connectivity index (χ4v) is 3.87. The van der Waals surface area contributed by atoms with Gasteiger partial charge in [-0.1, -0.05) is 54.1 Å². The number of benzene rings is 2. The number of hydrogen-bond donors (Lipinski definition) is 1. The average Bonchev–Trinajstić information content (AvgIpc) is 3.42. The molecule has 0 aliphatic heterocycles. The van der Waals surface area contributed by atoms with E-state index in [0.29, 0.717) is 40.5 Å². The predicted molar refractivity (Wildman–Crippen MR) is 117 cm³/mol. The van der Waals surface area contributed by atoms with Crippen LogP contribution in [0.2, 0.25) is 5.15 Å². The highest BCUT2D eigenvalue weighted by Gasteiger charge is 2.28. The van der Waals surface area contributed by atoms with Crippen molar-refractivity contribution in [1.29, 1.82) is 0 Å². The Balaban J connectivity index is 1.38. The Labute approximate surface area is 183 Å². The van der Waals surface area contributed by atoms with E-state index in [9.17, 15) is 4.79 Å². The number of anilines is 1. The van der Waals surface area contributed by atoms with Crippen molar-refractivity contribution in [3.63, 3.8) is 0 Å². The lowest BCUT2D eigenvalue weighted by Crippen LogP contribution is -2.13. The molecule has 5 rings (SSSR count). The Morgan fingerprint density at radius 3 is 2.74 bits per heavy atom. The molecule has 1 amide bonds. The third-order valence-corrected chi connectivity index (χ3v) is 5.62. The standard InChI is InChI=1S/C22H20ClN7O/c1-14-19(20(23)29(26-14)13-15-6-3-2-4-7-15)22(31)24-17-9-5-8-16(12-17)21-25-27-28-30(21)18-10-11-18/h2-9,12,18H,10-11,13H2,1H3,(H,24,31). The molecule has 2 heterocycles. The van der Waals surface area contributed by atoms with Gasteiger partial charge in [-0.2, -0.15) is 5.10 Å². The molecule has 0 bridgehead atoms. The van der Waals surface area contributed by atoms with Gasteiger partial charge in [-0.05, 0) is 47.9 Å². The number of nitrogens with one attached hydrogen (secondary N) is 1.